The number of carbonyl (C=O) groups excluding carboxylic acids is 2. The Bertz CT molecular complexity index is 693. The Balaban J connectivity index is 2.08. The number of carbonyl (C=O) groups is 2. The van der Waals surface area contributed by atoms with Gasteiger partial charge < -0.3 is 5.32 Å². The van der Waals surface area contributed by atoms with Crippen molar-refractivity contribution >= 4 is 17.4 Å². The molecule has 0 saturated carbocycles. The zero-order valence-electron chi connectivity index (χ0n) is 12.5. The third-order valence-electron chi connectivity index (χ3n) is 3.25. The Morgan fingerprint density at radius 1 is 1.19 bits per heavy atom. The van der Waals surface area contributed by atoms with E-state index in [-0.39, 0.29) is 18.2 Å². The number of benzene rings is 1. The fraction of sp³-hybridized carbons (Fsp3) is 0.235. The van der Waals surface area contributed by atoms with Gasteiger partial charge in [0.15, 0.2) is 18.2 Å². The Morgan fingerprint density at radius 2 is 1.95 bits per heavy atom. The van der Waals surface area contributed by atoms with E-state index in [1.54, 1.807) is 29.1 Å². The molecule has 0 radical (unpaired) electrons. The van der Waals surface area contributed by atoms with Crippen LogP contribution in [0.15, 0.2) is 42.7 Å². The summed E-state index contributed by atoms with van der Waals surface area (Å²) in [6, 6.07) is 9.40. The van der Waals surface area contributed by atoms with Crippen LogP contribution in [0, 0.1) is 13.8 Å². The van der Waals surface area contributed by atoms with Crippen LogP contribution in [-0.4, -0.2) is 11.7 Å². The molecule has 0 bridgehead atoms. The van der Waals surface area contributed by atoms with Gasteiger partial charge in [-0.05, 0) is 38.5 Å². The average molecular weight is 283 g/mol. The fourth-order valence-corrected chi connectivity index (χ4v) is 2.14. The van der Waals surface area contributed by atoms with E-state index >= 15 is 0 Å². The molecule has 108 valence electrons. The zero-order chi connectivity index (χ0) is 15.4. The van der Waals surface area contributed by atoms with Gasteiger partial charge in [0.2, 0.25) is 6.54 Å². The van der Waals surface area contributed by atoms with Crippen LogP contribution in [0.3, 0.4) is 0 Å². The van der Waals surface area contributed by atoms with E-state index < -0.39 is 0 Å². The van der Waals surface area contributed by atoms with E-state index in [9.17, 15) is 9.59 Å². The molecule has 0 aliphatic heterocycles. The minimum Gasteiger partial charge on any atom is -0.320 e. The summed E-state index contributed by atoms with van der Waals surface area (Å²) in [5.74, 6) is -0.133. The monoisotopic (exact) mass is 283 g/mol. The standard InChI is InChI=1S/C17H18N2O2/c1-12-6-7-16(13(2)9-12)18-17(21)11-19-8-4-5-15(10-19)14(3)20/h4-10H,11H2,1-3H3/p+1. The lowest BCUT2D eigenvalue weighted by Crippen LogP contribution is -2.40. The molecular weight excluding hydrogens is 264 g/mol. The molecule has 0 spiro atoms. The minimum atomic E-state index is -0.118. The summed E-state index contributed by atoms with van der Waals surface area (Å²) in [6.07, 6.45) is 3.46. The van der Waals surface area contributed by atoms with Gasteiger partial charge in [-0.3, -0.25) is 9.59 Å². The number of amides is 1. The van der Waals surface area contributed by atoms with Crippen molar-refractivity contribution in [3.8, 4) is 0 Å². The van der Waals surface area contributed by atoms with Crippen molar-refractivity contribution < 1.29 is 14.2 Å². The second-order valence-corrected chi connectivity index (χ2v) is 5.19. The summed E-state index contributed by atoms with van der Waals surface area (Å²) in [7, 11) is 0. The molecule has 1 amide bonds. The van der Waals surface area contributed by atoms with Crippen LogP contribution in [0.25, 0.3) is 0 Å². The lowest BCUT2D eigenvalue weighted by molar-refractivity contribution is -0.684. The topological polar surface area (TPSA) is 50.0 Å². The van der Waals surface area contributed by atoms with Gasteiger partial charge in [0.25, 0.3) is 5.91 Å². The van der Waals surface area contributed by atoms with Crippen LogP contribution < -0.4 is 9.88 Å². The van der Waals surface area contributed by atoms with E-state index in [0.29, 0.717) is 5.56 Å². The Labute approximate surface area is 124 Å². The van der Waals surface area contributed by atoms with Crippen molar-refractivity contribution in [2.75, 3.05) is 5.32 Å². The number of ketones is 1. The fourth-order valence-electron chi connectivity index (χ4n) is 2.14. The molecule has 21 heavy (non-hydrogen) atoms. The van der Waals surface area contributed by atoms with Gasteiger partial charge >= 0.3 is 0 Å². The van der Waals surface area contributed by atoms with Gasteiger partial charge in [-0.1, -0.05) is 17.7 Å². The molecular formula is C17H19N2O2+. The number of nitrogens with zero attached hydrogens (tertiary/aromatic N) is 1. The van der Waals surface area contributed by atoms with Crippen LogP contribution in [0.2, 0.25) is 0 Å². The lowest BCUT2D eigenvalue weighted by atomic mass is 10.1. The van der Waals surface area contributed by atoms with E-state index in [4.69, 9.17) is 0 Å². The highest BCUT2D eigenvalue weighted by Gasteiger charge is 2.12. The van der Waals surface area contributed by atoms with Crippen molar-refractivity contribution in [2.24, 2.45) is 0 Å². The van der Waals surface area contributed by atoms with Crippen LogP contribution in [0.1, 0.15) is 28.4 Å². The predicted molar refractivity (Wildman–Crippen MR) is 81.2 cm³/mol. The largest absolute Gasteiger partial charge is 0.320 e. The number of aryl methyl sites for hydroxylation is 2. The van der Waals surface area contributed by atoms with Crippen molar-refractivity contribution in [3.05, 3.63) is 59.4 Å². The molecule has 0 aliphatic carbocycles. The van der Waals surface area contributed by atoms with Crippen LogP contribution in [0.5, 0.6) is 0 Å². The molecule has 1 aromatic carbocycles. The first kappa shape index (κ1) is 14.9. The third-order valence-corrected chi connectivity index (χ3v) is 3.25. The minimum absolute atomic E-state index is 0.0147. The molecule has 2 aromatic rings. The molecule has 0 saturated heterocycles. The number of pyridine rings is 1. The molecule has 0 atom stereocenters. The van der Waals surface area contributed by atoms with Crippen molar-refractivity contribution in [1.29, 1.82) is 0 Å². The van der Waals surface area contributed by atoms with Gasteiger partial charge in [-0.15, -0.1) is 0 Å². The van der Waals surface area contributed by atoms with Crippen molar-refractivity contribution in [3.63, 3.8) is 0 Å². The van der Waals surface area contributed by atoms with Crippen LogP contribution in [0.4, 0.5) is 5.69 Å². The van der Waals surface area contributed by atoms with Crippen LogP contribution in [-0.2, 0) is 11.3 Å². The normalized spacial score (nSPS) is 10.2. The van der Waals surface area contributed by atoms with Crippen molar-refractivity contribution in [2.45, 2.75) is 27.3 Å². The number of aromatic nitrogens is 1. The smallest absolute Gasteiger partial charge is 0.290 e. The molecule has 2 rings (SSSR count). The lowest BCUT2D eigenvalue weighted by Gasteiger charge is -2.07. The van der Waals surface area contributed by atoms with Crippen molar-refractivity contribution in [1.82, 2.24) is 0 Å². The molecule has 1 aromatic heterocycles. The molecule has 0 aliphatic rings. The molecule has 1 N–H and O–H groups in total. The van der Waals surface area contributed by atoms with Gasteiger partial charge in [0.1, 0.15) is 0 Å². The maximum Gasteiger partial charge on any atom is 0.290 e. The first-order valence-corrected chi connectivity index (χ1v) is 6.83. The maximum atomic E-state index is 12.1. The quantitative estimate of drug-likeness (QED) is 0.692. The predicted octanol–water partition coefficient (Wildman–Crippen LogP) is 2.43. The van der Waals surface area contributed by atoms with E-state index in [1.165, 1.54) is 6.92 Å². The second-order valence-electron chi connectivity index (χ2n) is 5.19. The summed E-state index contributed by atoms with van der Waals surface area (Å²) in [4.78, 5) is 23.4. The Hall–Kier alpha value is -2.49. The van der Waals surface area contributed by atoms with E-state index in [2.05, 4.69) is 5.32 Å². The summed E-state index contributed by atoms with van der Waals surface area (Å²) < 4.78 is 1.70. The van der Waals surface area contributed by atoms with Gasteiger partial charge in [0.05, 0.1) is 5.56 Å². The number of rotatable bonds is 4. The molecule has 4 heteroatoms. The zero-order valence-corrected chi connectivity index (χ0v) is 12.5. The highest BCUT2D eigenvalue weighted by atomic mass is 16.2. The average Bonchev–Trinajstić information content (AvgIpc) is 2.42. The molecule has 1 heterocycles. The Kier molecular flexibility index (Phi) is 4.48. The first-order valence-electron chi connectivity index (χ1n) is 6.83. The summed E-state index contributed by atoms with van der Waals surface area (Å²) in [5, 5.41) is 2.89. The summed E-state index contributed by atoms with van der Waals surface area (Å²) in [6.45, 7) is 5.66. The second kappa shape index (κ2) is 6.31. The number of hydrogen-bond donors (Lipinski definition) is 1. The number of hydrogen-bond acceptors (Lipinski definition) is 2. The summed E-state index contributed by atoms with van der Waals surface area (Å²) >= 11 is 0. The van der Waals surface area contributed by atoms with Crippen LogP contribution >= 0.6 is 0 Å². The first-order chi connectivity index (χ1) is 9.95. The number of nitrogens with one attached hydrogen (secondary N) is 1. The highest BCUT2D eigenvalue weighted by Crippen LogP contribution is 2.15. The summed E-state index contributed by atoms with van der Waals surface area (Å²) in [5.41, 5.74) is 3.60. The van der Waals surface area contributed by atoms with E-state index in [1.807, 2.05) is 32.0 Å². The van der Waals surface area contributed by atoms with Gasteiger partial charge in [-0.25, -0.2) is 0 Å². The number of Topliss-reactive ketones (excluding diaryl/α,β-unsaturated/α-hetero) is 1. The maximum absolute atomic E-state index is 12.1. The van der Waals surface area contributed by atoms with E-state index in [0.717, 1.165) is 16.8 Å². The third kappa shape index (κ3) is 3.99. The molecule has 0 fully saturated rings. The number of anilines is 1. The highest BCUT2D eigenvalue weighted by molar-refractivity contribution is 5.93. The molecule has 0 unspecified atom stereocenters. The Morgan fingerprint density at radius 3 is 2.62 bits per heavy atom. The van der Waals surface area contributed by atoms with Gasteiger partial charge in [-0.2, -0.15) is 4.57 Å². The van der Waals surface area contributed by atoms with Gasteiger partial charge in [0, 0.05) is 11.8 Å². The molecule has 4 nitrogen and oxygen atoms in total. The SMILES string of the molecule is CC(=O)c1ccc[n+](CC(=O)Nc2ccc(C)cc2C)c1.